The van der Waals surface area contributed by atoms with Crippen LogP contribution >= 0.6 is 0 Å². The molecule has 1 aliphatic heterocycles. The minimum atomic E-state index is 0.299. The standard InChI is InChI=1S/C24H26N8O2/c1-15-26-22(34-30-15)18-4-5-19-20(13-18)28-24(27-19)29-21-12-16(6-7-25-21)14-31-8-10-32(11-9-31)23(33)17-2-3-17/h4-7,12-13,17H,2-3,8-11,14H2,1H3,(H2,25,27,28,29). The molecule has 3 aromatic heterocycles. The fourth-order valence-corrected chi connectivity index (χ4v) is 4.35. The van der Waals surface area contributed by atoms with Gasteiger partial charge in [0.2, 0.25) is 11.9 Å². The lowest BCUT2D eigenvalue weighted by Gasteiger charge is -2.34. The van der Waals surface area contributed by atoms with Crippen LogP contribution in [0.5, 0.6) is 0 Å². The van der Waals surface area contributed by atoms with Gasteiger partial charge in [-0.25, -0.2) is 9.97 Å². The molecule has 0 atom stereocenters. The molecule has 174 valence electrons. The van der Waals surface area contributed by atoms with E-state index in [4.69, 9.17) is 4.52 Å². The number of aryl methyl sites for hydroxylation is 1. The number of carbonyl (C=O) groups is 1. The molecule has 1 saturated heterocycles. The Kier molecular flexibility index (Phi) is 5.21. The minimum Gasteiger partial charge on any atom is -0.340 e. The summed E-state index contributed by atoms with van der Waals surface area (Å²) >= 11 is 0. The Morgan fingerprint density at radius 3 is 2.76 bits per heavy atom. The molecule has 4 aromatic rings. The minimum absolute atomic E-state index is 0.299. The number of aromatic amines is 1. The summed E-state index contributed by atoms with van der Waals surface area (Å²) < 4.78 is 5.26. The maximum absolute atomic E-state index is 12.3. The zero-order chi connectivity index (χ0) is 23.1. The molecule has 2 fully saturated rings. The van der Waals surface area contributed by atoms with Gasteiger partial charge in [0.05, 0.1) is 11.0 Å². The Balaban J connectivity index is 1.11. The van der Waals surface area contributed by atoms with Crippen molar-refractivity contribution in [1.82, 2.24) is 34.9 Å². The number of piperazine rings is 1. The summed E-state index contributed by atoms with van der Waals surface area (Å²) in [5.41, 5.74) is 3.70. The number of fused-ring (bicyclic) bond motifs is 1. The van der Waals surface area contributed by atoms with Gasteiger partial charge >= 0.3 is 0 Å². The Morgan fingerprint density at radius 1 is 1.15 bits per heavy atom. The number of rotatable bonds is 6. The highest BCUT2D eigenvalue weighted by Crippen LogP contribution is 2.31. The van der Waals surface area contributed by atoms with Crippen molar-refractivity contribution < 1.29 is 9.32 Å². The first kappa shape index (κ1) is 20.8. The van der Waals surface area contributed by atoms with Crippen molar-refractivity contribution in [3.05, 3.63) is 47.9 Å². The fraction of sp³-hybridized carbons (Fsp3) is 0.375. The number of anilines is 2. The van der Waals surface area contributed by atoms with Crippen LogP contribution in [0.1, 0.15) is 24.2 Å². The van der Waals surface area contributed by atoms with Crippen molar-refractivity contribution in [2.24, 2.45) is 5.92 Å². The molecule has 2 aliphatic rings. The Morgan fingerprint density at radius 2 is 2.00 bits per heavy atom. The smallest absolute Gasteiger partial charge is 0.257 e. The largest absolute Gasteiger partial charge is 0.340 e. The van der Waals surface area contributed by atoms with Crippen LogP contribution in [0.15, 0.2) is 41.1 Å². The number of amides is 1. The predicted octanol–water partition coefficient (Wildman–Crippen LogP) is 3.11. The Hall–Kier alpha value is -3.79. The number of carbonyl (C=O) groups excluding carboxylic acids is 1. The maximum atomic E-state index is 12.3. The van der Waals surface area contributed by atoms with Crippen molar-refractivity contribution in [3.8, 4) is 11.5 Å². The SMILES string of the molecule is Cc1noc(-c2ccc3nc(Nc4cc(CN5CCN(C(=O)C6CC6)CC5)ccn4)[nH]c3c2)n1. The first-order chi connectivity index (χ1) is 16.6. The van der Waals surface area contributed by atoms with E-state index in [0.717, 1.165) is 68.0 Å². The van der Waals surface area contributed by atoms with Gasteiger partial charge in [0.25, 0.3) is 5.89 Å². The lowest BCUT2D eigenvalue weighted by atomic mass is 10.2. The van der Waals surface area contributed by atoms with Gasteiger partial charge in [-0.3, -0.25) is 9.69 Å². The third-order valence-corrected chi connectivity index (χ3v) is 6.34. The van der Waals surface area contributed by atoms with Gasteiger partial charge in [-0.15, -0.1) is 0 Å². The van der Waals surface area contributed by atoms with Crippen molar-refractivity contribution in [1.29, 1.82) is 0 Å². The number of nitrogens with one attached hydrogen (secondary N) is 2. The van der Waals surface area contributed by atoms with Crippen LogP contribution in [0.3, 0.4) is 0 Å². The molecule has 0 unspecified atom stereocenters. The second-order valence-electron chi connectivity index (χ2n) is 9.01. The average Bonchev–Trinajstić information content (AvgIpc) is 3.48. The van der Waals surface area contributed by atoms with E-state index in [1.807, 2.05) is 41.4 Å². The summed E-state index contributed by atoms with van der Waals surface area (Å²) in [5, 5.41) is 7.13. The molecular weight excluding hydrogens is 432 g/mol. The molecule has 1 saturated carbocycles. The number of hydrogen-bond donors (Lipinski definition) is 2. The molecule has 1 amide bonds. The molecule has 1 aromatic carbocycles. The van der Waals surface area contributed by atoms with Gasteiger partial charge in [0.1, 0.15) is 5.82 Å². The van der Waals surface area contributed by atoms with Crippen LogP contribution in [-0.4, -0.2) is 67.0 Å². The van der Waals surface area contributed by atoms with Crippen LogP contribution in [0, 0.1) is 12.8 Å². The lowest BCUT2D eigenvalue weighted by molar-refractivity contribution is -0.134. The van der Waals surface area contributed by atoms with Crippen LogP contribution in [-0.2, 0) is 11.3 Å². The molecule has 10 heteroatoms. The number of nitrogens with zero attached hydrogens (tertiary/aromatic N) is 6. The molecular formula is C24H26N8O2. The molecule has 1 aliphatic carbocycles. The summed E-state index contributed by atoms with van der Waals surface area (Å²) in [6, 6.07) is 9.85. The number of pyridine rings is 1. The zero-order valence-electron chi connectivity index (χ0n) is 19.0. The fourth-order valence-electron chi connectivity index (χ4n) is 4.35. The molecule has 34 heavy (non-hydrogen) atoms. The van der Waals surface area contributed by atoms with E-state index >= 15 is 0 Å². The van der Waals surface area contributed by atoms with Crippen LogP contribution in [0.25, 0.3) is 22.5 Å². The van der Waals surface area contributed by atoms with E-state index < -0.39 is 0 Å². The number of H-pyrrole nitrogens is 1. The van der Waals surface area contributed by atoms with Gasteiger partial charge in [-0.2, -0.15) is 4.98 Å². The van der Waals surface area contributed by atoms with Crippen molar-refractivity contribution >= 4 is 28.7 Å². The third kappa shape index (κ3) is 4.36. The highest BCUT2D eigenvalue weighted by atomic mass is 16.5. The molecule has 0 bridgehead atoms. The van der Waals surface area contributed by atoms with E-state index in [0.29, 0.717) is 29.5 Å². The summed E-state index contributed by atoms with van der Waals surface area (Å²) in [6.07, 6.45) is 3.94. The van der Waals surface area contributed by atoms with Crippen LogP contribution in [0.4, 0.5) is 11.8 Å². The quantitative estimate of drug-likeness (QED) is 0.453. The highest BCUT2D eigenvalue weighted by molar-refractivity contribution is 5.82. The van der Waals surface area contributed by atoms with E-state index in [9.17, 15) is 4.79 Å². The normalized spacial score (nSPS) is 16.8. The summed E-state index contributed by atoms with van der Waals surface area (Å²) in [4.78, 5) is 33.3. The summed E-state index contributed by atoms with van der Waals surface area (Å²) in [5.74, 6) is 3.07. The van der Waals surface area contributed by atoms with Gasteiger partial charge < -0.3 is 19.7 Å². The first-order valence-electron chi connectivity index (χ1n) is 11.6. The zero-order valence-corrected chi connectivity index (χ0v) is 19.0. The van der Waals surface area contributed by atoms with E-state index in [1.54, 1.807) is 6.92 Å². The van der Waals surface area contributed by atoms with Crippen LogP contribution < -0.4 is 5.32 Å². The summed E-state index contributed by atoms with van der Waals surface area (Å²) in [6.45, 7) is 6.05. The van der Waals surface area contributed by atoms with E-state index in [-0.39, 0.29) is 0 Å². The summed E-state index contributed by atoms with van der Waals surface area (Å²) in [7, 11) is 0. The Labute approximate surface area is 196 Å². The van der Waals surface area contributed by atoms with Gasteiger partial charge in [-0.05, 0) is 55.7 Å². The van der Waals surface area contributed by atoms with Gasteiger partial charge in [0, 0.05) is 50.4 Å². The highest BCUT2D eigenvalue weighted by Gasteiger charge is 2.34. The molecule has 6 rings (SSSR count). The third-order valence-electron chi connectivity index (χ3n) is 6.34. The van der Waals surface area contributed by atoms with Crippen molar-refractivity contribution in [3.63, 3.8) is 0 Å². The van der Waals surface area contributed by atoms with E-state index in [2.05, 4.69) is 35.3 Å². The number of hydrogen-bond acceptors (Lipinski definition) is 8. The average molecular weight is 459 g/mol. The van der Waals surface area contributed by atoms with Crippen molar-refractivity contribution in [2.75, 3.05) is 31.5 Å². The number of aromatic nitrogens is 5. The van der Waals surface area contributed by atoms with E-state index in [1.165, 1.54) is 5.56 Å². The topological polar surface area (TPSA) is 116 Å². The van der Waals surface area contributed by atoms with Crippen molar-refractivity contribution in [2.45, 2.75) is 26.3 Å². The molecule has 4 heterocycles. The predicted molar refractivity (Wildman–Crippen MR) is 126 cm³/mol. The second-order valence-corrected chi connectivity index (χ2v) is 9.01. The number of benzene rings is 1. The monoisotopic (exact) mass is 458 g/mol. The molecule has 0 radical (unpaired) electrons. The molecule has 10 nitrogen and oxygen atoms in total. The molecule has 2 N–H and O–H groups in total. The van der Waals surface area contributed by atoms with Gasteiger partial charge in [0.15, 0.2) is 5.82 Å². The maximum Gasteiger partial charge on any atom is 0.257 e. The first-order valence-corrected chi connectivity index (χ1v) is 11.6. The lowest BCUT2D eigenvalue weighted by Crippen LogP contribution is -2.48. The van der Waals surface area contributed by atoms with Crippen LogP contribution in [0.2, 0.25) is 0 Å². The van der Waals surface area contributed by atoms with Gasteiger partial charge in [-0.1, -0.05) is 5.16 Å². The Bertz CT molecular complexity index is 1330. The molecule has 0 spiro atoms. The number of imidazole rings is 1. The second kappa shape index (κ2) is 8.53.